The van der Waals surface area contributed by atoms with Crippen molar-refractivity contribution in [3.05, 3.63) is 11.5 Å². The largest absolute Gasteiger partial charge is 0.348 e. The fraction of sp³-hybridized carbons (Fsp3) is 0.765. The summed E-state index contributed by atoms with van der Waals surface area (Å²) in [6.07, 6.45) is 5.61. The van der Waals surface area contributed by atoms with Gasteiger partial charge in [0.15, 0.2) is 0 Å². The van der Waals surface area contributed by atoms with Crippen molar-refractivity contribution in [1.82, 2.24) is 16.0 Å². The normalized spacial score (nSPS) is 14.3. The standard InChI is InChI=1S/C17H33N3O2S/c1-12(2)9-14(7-8-23-6)20-16(21)11-19-17(22)15(18-5)10-13(3)4/h7-8,12-15,18H,9-11H2,1-6H3,(H,19,22)(H,20,21)/b8-7+. The third kappa shape index (κ3) is 11.2. The van der Waals surface area contributed by atoms with Crippen molar-refractivity contribution in [1.29, 1.82) is 0 Å². The van der Waals surface area contributed by atoms with Gasteiger partial charge in [-0.2, -0.15) is 0 Å². The lowest BCUT2D eigenvalue weighted by Crippen LogP contribution is -2.48. The molecule has 23 heavy (non-hydrogen) atoms. The van der Waals surface area contributed by atoms with Crippen LogP contribution in [0.1, 0.15) is 40.5 Å². The molecule has 2 amide bonds. The van der Waals surface area contributed by atoms with E-state index >= 15 is 0 Å². The van der Waals surface area contributed by atoms with Crippen LogP contribution in [0.25, 0.3) is 0 Å². The molecular weight excluding hydrogens is 310 g/mol. The van der Waals surface area contributed by atoms with Crippen molar-refractivity contribution in [3.8, 4) is 0 Å². The van der Waals surface area contributed by atoms with Crippen LogP contribution < -0.4 is 16.0 Å². The van der Waals surface area contributed by atoms with E-state index in [0.717, 1.165) is 12.8 Å². The van der Waals surface area contributed by atoms with Crippen LogP contribution in [-0.2, 0) is 9.59 Å². The molecule has 0 aromatic rings. The van der Waals surface area contributed by atoms with E-state index in [1.807, 2.05) is 17.7 Å². The van der Waals surface area contributed by atoms with Gasteiger partial charge in [-0.05, 0) is 43.4 Å². The molecule has 0 aliphatic heterocycles. The Labute approximate surface area is 145 Å². The molecule has 0 radical (unpaired) electrons. The van der Waals surface area contributed by atoms with Gasteiger partial charge < -0.3 is 16.0 Å². The molecular formula is C17H33N3O2S. The predicted octanol–water partition coefficient (Wildman–Crippen LogP) is 2.14. The third-order valence-corrected chi connectivity index (χ3v) is 3.74. The first-order valence-electron chi connectivity index (χ1n) is 8.23. The van der Waals surface area contributed by atoms with Gasteiger partial charge in [0.25, 0.3) is 0 Å². The van der Waals surface area contributed by atoms with E-state index in [4.69, 9.17) is 0 Å². The topological polar surface area (TPSA) is 70.2 Å². The maximum absolute atomic E-state index is 12.1. The number of likely N-dealkylation sites (N-methyl/N-ethyl adjacent to an activating group) is 1. The number of thioether (sulfide) groups is 1. The molecule has 0 bridgehead atoms. The Balaban J connectivity index is 4.39. The summed E-state index contributed by atoms with van der Waals surface area (Å²) in [7, 11) is 1.76. The summed E-state index contributed by atoms with van der Waals surface area (Å²) in [6.45, 7) is 8.39. The van der Waals surface area contributed by atoms with Crippen molar-refractivity contribution in [3.63, 3.8) is 0 Å². The molecule has 0 aliphatic carbocycles. The number of rotatable bonds is 11. The molecule has 3 N–H and O–H groups in total. The van der Waals surface area contributed by atoms with E-state index in [9.17, 15) is 9.59 Å². The summed E-state index contributed by atoms with van der Waals surface area (Å²) in [5.41, 5.74) is 0. The summed E-state index contributed by atoms with van der Waals surface area (Å²) in [5, 5.41) is 10.6. The number of nitrogens with one attached hydrogen (secondary N) is 3. The van der Waals surface area contributed by atoms with Gasteiger partial charge in [-0.25, -0.2) is 0 Å². The van der Waals surface area contributed by atoms with Gasteiger partial charge in [0, 0.05) is 6.04 Å². The summed E-state index contributed by atoms with van der Waals surface area (Å²) in [5.74, 6) is 0.616. The minimum atomic E-state index is -0.259. The van der Waals surface area contributed by atoms with Crippen LogP contribution in [0, 0.1) is 11.8 Å². The van der Waals surface area contributed by atoms with Crippen LogP contribution in [0.2, 0.25) is 0 Å². The molecule has 0 aliphatic rings. The van der Waals surface area contributed by atoms with Crippen molar-refractivity contribution in [2.24, 2.45) is 11.8 Å². The van der Waals surface area contributed by atoms with Crippen molar-refractivity contribution < 1.29 is 9.59 Å². The Morgan fingerprint density at radius 3 is 2.17 bits per heavy atom. The highest BCUT2D eigenvalue weighted by Crippen LogP contribution is 2.08. The lowest BCUT2D eigenvalue weighted by atomic mass is 10.0. The molecule has 0 aromatic heterocycles. The number of carbonyl (C=O) groups excluding carboxylic acids is 2. The predicted molar refractivity (Wildman–Crippen MR) is 99.4 cm³/mol. The van der Waals surface area contributed by atoms with E-state index in [1.165, 1.54) is 0 Å². The van der Waals surface area contributed by atoms with Crippen LogP contribution in [0.15, 0.2) is 11.5 Å². The zero-order chi connectivity index (χ0) is 17.8. The van der Waals surface area contributed by atoms with Crippen LogP contribution in [0.4, 0.5) is 0 Å². The second-order valence-corrected chi connectivity index (χ2v) is 7.30. The average molecular weight is 344 g/mol. The molecule has 0 spiro atoms. The highest BCUT2D eigenvalue weighted by atomic mass is 32.2. The van der Waals surface area contributed by atoms with E-state index in [-0.39, 0.29) is 30.4 Å². The summed E-state index contributed by atoms with van der Waals surface area (Å²) in [6, 6.07) is -0.256. The van der Waals surface area contributed by atoms with Crippen LogP contribution in [0.5, 0.6) is 0 Å². The quantitative estimate of drug-likeness (QED) is 0.538. The van der Waals surface area contributed by atoms with Gasteiger partial charge in [-0.3, -0.25) is 9.59 Å². The zero-order valence-corrected chi connectivity index (χ0v) is 16.1. The molecule has 0 saturated heterocycles. The van der Waals surface area contributed by atoms with E-state index in [1.54, 1.807) is 18.8 Å². The molecule has 0 fully saturated rings. The van der Waals surface area contributed by atoms with Crippen molar-refractivity contribution >= 4 is 23.6 Å². The van der Waals surface area contributed by atoms with Crippen LogP contribution >= 0.6 is 11.8 Å². The monoisotopic (exact) mass is 343 g/mol. The third-order valence-electron chi connectivity index (χ3n) is 3.31. The van der Waals surface area contributed by atoms with Gasteiger partial charge in [0.1, 0.15) is 0 Å². The number of hydrogen-bond donors (Lipinski definition) is 3. The lowest BCUT2D eigenvalue weighted by Gasteiger charge is -2.19. The maximum atomic E-state index is 12.1. The smallest absolute Gasteiger partial charge is 0.239 e. The number of amides is 2. The second kappa shape index (κ2) is 12.4. The van der Waals surface area contributed by atoms with Crippen molar-refractivity contribution in [2.75, 3.05) is 19.8 Å². The van der Waals surface area contributed by atoms with Crippen LogP contribution in [-0.4, -0.2) is 43.7 Å². The molecule has 2 atom stereocenters. The zero-order valence-electron chi connectivity index (χ0n) is 15.3. The Kier molecular flexibility index (Phi) is 11.9. The van der Waals surface area contributed by atoms with Gasteiger partial charge in [0.05, 0.1) is 12.6 Å². The molecule has 2 unspecified atom stereocenters. The maximum Gasteiger partial charge on any atom is 0.239 e. The Morgan fingerprint density at radius 2 is 1.70 bits per heavy atom. The molecule has 0 aromatic carbocycles. The minimum absolute atomic E-state index is 0.00242. The molecule has 6 heteroatoms. The Bertz CT molecular complexity index is 384. The number of carbonyl (C=O) groups is 2. The van der Waals surface area contributed by atoms with E-state index in [0.29, 0.717) is 11.8 Å². The first-order chi connectivity index (χ1) is 10.8. The minimum Gasteiger partial charge on any atom is -0.348 e. The fourth-order valence-electron chi connectivity index (χ4n) is 2.24. The summed E-state index contributed by atoms with van der Waals surface area (Å²) >= 11 is 1.61. The lowest BCUT2D eigenvalue weighted by molar-refractivity contribution is -0.127. The average Bonchev–Trinajstić information content (AvgIpc) is 2.47. The van der Waals surface area contributed by atoms with Crippen molar-refractivity contribution in [2.45, 2.75) is 52.6 Å². The summed E-state index contributed by atoms with van der Waals surface area (Å²) < 4.78 is 0. The Morgan fingerprint density at radius 1 is 1.09 bits per heavy atom. The molecule has 0 saturated carbocycles. The first-order valence-corrected chi connectivity index (χ1v) is 9.52. The number of hydrogen-bond acceptors (Lipinski definition) is 4. The van der Waals surface area contributed by atoms with Gasteiger partial charge in [-0.1, -0.05) is 33.8 Å². The summed E-state index contributed by atoms with van der Waals surface area (Å²) in [4.78, 5) is 24.1. The van der Waals surface area contributed by atoms with Gasteiger partial charge in [0.2, 0.25) is 11.8 Å². The highest BCUT2D eigenvalue weighted by Gasteiger charge is 2.18. The molecule has 0 rings (SSSR count). The van der Waals surface area contributed by atoms with Gasteiger partial charge >= 0.3 is 0 Å². The highest BCUT2D eigenvalue weighted by molar-refractivity contribution is 8.01. The SMILES string of the molecule is CNC(CC(C)C)C(=O)NCC(=O)NC(/C=C/SC)CC(C)C. The van der Waals surface area contributed by atoms with Crippen LogP contribution in [0.3, 0.4) is 0 Å². The fourth-order valence-corrected chi connectivity index (χ4v) is 2.59. The Hall–Kier alpha value is -1.01. The molecule has 5 nitrogen and oxygen atoms in total. The molecule has 134 valence electrons. The second-order valence-electron chi connectivity index (χ2n) is 6.56. The van der Waals surface area contributed by atoms with Gasteiger partial charge in [-0.15, -0.1) is 11.8 Å². The molecule has 0 heterocycles. The van der Waals surface area contributed by atoms with E-state index < -0.39 is 0 Å². The van der Waals surface area contributed by atoms with E-state index in [2.05, 4.69) is 43.6 Å². The first kappa shape index (κ1) is 22.0.